The Balaban J connectivity index is 1.06. The summed E-state index contributed by atoms with van der Waals surface area (Å²) in [6.45, 7) is 9.58. The zero-order valence-corrected chi connectivity index (χ0v) is 37.0. The molecule has 2 aliphatic heterocycles. The first kappa shape index (κ1) is 37.4. The fourth-order valence-electron chi connectivity index (χ4n) is 13.6. The van der Waals surface area contributed by atoms with Gasteiger partial charge in [-0.1, -0.05) is 148 Å². The van der Waals surface area contributed by atoms with E-state index in [1.807, 2.05) is 0 Å². The van der Waals surface area contributed by atoms with Crippen LogP contribution in [0.2, 0.25) is 0 Å². The Morgan fingerprint density at radius 2 is 0.841 bits per heavy atom. The molecule has 4 atom stereocenters. The van der Waals surface area contributed by atoms with E-state index in [1.54, 1.807) is 0 Å². The third-order valence-corrected chi connectivity index (χ3v) is 17.5. The highest BCUT2D eigenvalue weighted by atomic mass is 16.5. The molecule has 13 rings (SSSR count). The molecule has 310 valence electrons. The molecule has 0 spiro atoms. The van der Waals surface area contributed by atoms with Gasteiger partial charge in [-0.25, -0.2) is 0 Å². The van der Waals surface area contributed by atoms with Crippen molar-refractivity contribution in [3.05, 3.63) is 191 Å². The van der Waals surface area contributed by atoms with Gasteiger partial charge in [0.2, 0.25) is 0 Å². The first-order valence-corrected chi connectivity index (χ1v) is 23.6. The first-order valence-electron chi connectivity index (χ1n) is 23.6. The Labute approximate surface area is 371 Å². The first-order chi connectivity index (χ1) is 30.7. The summed E-state index contributed by atoms with van der Waals surface area (Å²) < 4.78 is 13.6. The van der Waals surface area contributed by atoms with Crippen LogP contribution in [0.15, 0.2) is 158 Å². The minimum absolute atomic E-state index is 0.0000699. The number of fused-ring (bicyclic) bond motifs is 14. The molecule has 0 aromatic heterocycles. The smallest absolute Gasteiger partial charge is 0.124 e. The SMILES string of the molecule is CC12CCCCC1(C)c1cc(-c3ccc4c(c3)C(c3ccccc3)(c3ccccc3)c3c-4c4ccccc4c4cc(-c5ccc6c(c5)C5(C)CCCCC5(C)O6)ccc34)ccc1O2. The van der Waals surface area contributed by atoms with Gasteiger partial charge in [0.1, 0.15) is 22.7 Å². The van der Waals surface area contributed by atoms with Gasteiger partial charge in [-0.3, -0.25) is 0 Å². The Morgan fingerprint density at radius 1 is 0.381 bits per heavy atom. The summed E-state index contributed by atoms with van der Waals surface area (Å²) in [5.41, 5.74) is 14.8. The normalized spacial score (nSPS) is 25.9. The molecule has 0 radical (unpaired) electrons. The summed E-state index contributed by atoms with van der Waals surface area (Å²) in [6, 6.07) is 60.5. The van der Waals surface area contributed by atoms with Gasteiger partial charge in [0, 0.05) is 22.0 Å². The summed E-state index contributed by atoms with van der Waals surface area (Å²) in [5.74, 6) is 2.13. The van der Waals surface area contributed by atoms with Gasteiger partial charge in [0.05, 0.1) is 5.41 Å². The van der Waals surface area contributed by atoms with Gasteiger partial charge in [-0.2, -0.15) is 0 Å². The topological polar surface area (TPSA) is 18.5 Å². The van der Waals surface area contributed by atoms with Crippen LogP contribution in [0.25, 0.3) is 54.9 Å². The summed E-state index contributed by atoms with van der Waals surface area (Å²) in [4.78, 5) is 0. The van der Waals surface area contributed by atoms with E-state index in [4.69, 9.17) is 9.47 Å². The number of hydrogen-bond acceptors (Lipinski definition) is 2. The van der Waals surface area contributed by atoms with Gasteiger partial charge in [0.25, 0.3) is 0 Å². The highest BCUT2D eigenvalue weighted by Gasteiger charge is 2.56. The molecule has 0 amide bonds. The van der Waals surface area contributed by atoms with Gasteiger partial charge >= 0.3 is 0 Å². The quantitative estimate of drug-likeness (QED) is 0.165. The fraction of sp³-hybridized carbons (Fsp3) is 0.279. The second-order valence-electron chi connectivity index (χ2n) is 20.5. The molecule has 2 nitrogen and oxygen atoms in total. The van der Waals surface area contributed by atoms with Crippen molar-refractivity contribution in [2.45, 2.75) is 107 Å². The monoisotopic (exact) mass is 818 g/mol. The number of hydrogen-bond donors (Lipinski definition) is 0. The van der Waals surface area contributed by atoms with Crippen molar-refractivity contribution in [1.82, 2.24) is 0 Å². The summed E-state index contributed by atoms with van der Waals surface area (Å²) >= 11 is 0. The lowest BCUT2D eigenvalue weighted by Gasteiger charge is -2.43. The molecule has 0 N–H and O–H groups in total. The highest BCUT2D eigenvalue weighted by molar-refractivity contribution is 6.20. The van der Waals surface area contributed by atoms with Crippen molar-refractivity contribution in [2.75, 3.05) is 0 Å². The molecule has 0 saturated heterocycles. The number of benzene rings is 8. The van der Waals surface area contributed by atoms with Crippen LogP contribution in [-0.2, 0) is 16.2 Å². The van der Waals surface area contributed by atoms with Gasteiger partial charge in [-0.15, -0.1) is 0 Å². The second kappa shape index (κ2) is 13.0. The van der Waals surface area contributed by atoms with Crippen LogP contribution in [-0.4, -0.2) is 11.2 Å². The lowest BCUT2D eigenvalue weighted by atomic mass is 9.63. The Morgan fingerprint density at radius 3 is 1.41 bits per heavy atom. The van der Waals surface area contributed by atoms with Crippen molar-refractivity contribution in [2.24, 2.45) is 0 Å². The van der Waals surface area contributed by atoms with Gasteiger partial charge in [-0.05, 0) is 166 Å². The van der Waals surface area contributed by atoms with Crippen LogP contribution in [0.5, 0.6) is 11.5 Å². The molecule has 0 bridgehead atoms. The zero-order valence-electron chi connectivity index (χ0n) is 37.0. The average molecular weight is 819 g/mol. The summed E-state index contributed by atoms with van der Waals surface area (Å²) in [7, 11) is 0. The van der Waals surface area contributed by atoms with Crippen molar-refractivity contribution >= 4 is 21.5 Å². The molecule has 2 heteroatoms. The predicted molar refractivity (Wildman–Crippen MR) is 259 cm³/mol. The number of ether oxygens (including phenoxy) is 2. The predicted octanol–water partition coefficient (Wildman–Crippen LogP) is 15.7. The molecule has 2 fully saturated rings. The molecule has 3 aliphatic carbocycles. The molecule has 8 aromatic rings. The van der Waals surface area contributed by atoms with Crippen LogP contribution in [0.1, 0.15) is 112 Å². The Hall–Kier alpha value is -6.12. The second-order valence-corrected chi connectivity index (χ2v) is 20.5. The Kier molecular flexibility index (Phi) is 7.71. The van der Waals surface area contributed by atoms with E-state index >= 15 is 0 Å². The van der Waals surface area contributed by atoms with Crippen LogP contribution >= 0.6 is 0 Å². The Bertz CT molecular complexity index is 3160. The minimum atomic E-state index is -0.578. The molecule has 8 aromatic carbocycles. The van der Waals surface area contributed by atoms with Crippen LogP contribution in [0.3, 0.4) is 0 Å². The lowest BCUT2D eigenvalue weighted by molar-refractivity contribution is 0.00727. The molecular weight excluding hydrogens is 765 g/mol. The third-order valence-electron chi connectivity index (χ3n) is 17.5. The van der Waals surface area contributed by atoms with E-state index in [9.17, 15) is 0 Å². The molecule has 63 heavy (non-hydrogen) atoms. The van der Waals surface area contributed by atoms with E-state index in [0.29, 0.717) is 0 Å². The minimum Gasteiger partial charge on any atom is -0.486 e. The van der Waals surface area contributed by atoms with Crippen molar-refractivity contribution < 1.29 is 9.47 Å². The average Bonchev–Trinajstić information content (AvgIpc) is 3.86. The van der Waals surface area contributed by atoms with Crippen LogP contribution in [0.4, 0.5) is 0 Å². The van der Waals surface area contributed by atoms with E-state index < -0.39 is 5.41 Å². The number of rotatable bonds is 4. The van der Waals surface area contributed by atoms with E-state index in [0.717, 1.165) is 37.2 Å². The van der Waals surface area contributed by atoms with Crippen molar-refractivity contribution in [3.8, 4) is 44.9 Å². The standard InChI is InChI=1S/C61H54O2/c1-57-31-13-15-33-59(57,3)62-53-29-25-41(37-51(53)57)39-23-27-47-49(35-39)45-21-11-12-22-46(45)55-48-28-24-40(42-26-30-54-52(38-42)58(2)32-14-16-34-60(58,4)63-54)36-50(48)61(56(47)55,43-17-7-5-8-18-43)44-19-9-6-10-20-44/h5-12,17-30,35-38H,13-16,31-34H2,1-4H3. The summed E-state index contributed by atoms with van der Waals surface area (Å²) in [6.07, 6.45) is 9.49. The maximum absolute atomic E-state index is 6.82. The van der Waals surface area contributed by atoms with Crippen molar-refractivity contribution in [3.63, 3.8) is 0 Å². The maximum atomic E-state index is 6.82. The van der Waals surface area contributed by atoms with Crippen molar-refractivity contribution in [1.29, 1.82) is 0 Å². The summed E-state index contributed by atoms with van der Waals surface area (Å²) in [5, 5.41) is 5.18. The van der Waals surface area contributed by atoms with E-state index in [2.05, 4.69) is 185 Å². The molecule has 5 aliphatic rings. The van der Waals surface area contributed by atoms with Crippen LogP contribution in [0, 0.1) is 0 Å². The fourth-order valence-corrected chi connectivity index (χ4v) is 13.6. The largest absolute Gasteiger partial charge is 0.486 e. The lowest BCUT2D eigenvalue weighted by Crippen LogP contribution is -2.49. The highest BCUT2D eigenvalue weighted by Crippen LogP contribution is 2.62. The zero-order chi connectivity index (χ0) is 42.3. The third kappa shape index (κ3) is 4.85. The molecule has 4 unspecified atom stereocenters. The molecule has 2 saturated carbocycles. The molecular formula is C61H54O2. The van der Waals surface area contributed by atoms with E-state index in [-0.39, 0.29) is 22.0 Å². The maximum Gasteiger partial charge on any atom is 0.124 e. The molecule has 2 heterocycles. The van der Waals surface area contributed by atoms with Gasteiger partial charge < -0.3 is 9.47 Å². The van der Waals surface area contributed by atoms with Crippen LogP contribution < -0.4 is 9.47 Å². The van der Waals surface area contributed by atoms with E-state index in [1.165, 1.54) is 114 Å². The van der Waals surface area contributed by atoms with Gasteiger partial charge in [0.15, 0.2) is 0 Å².